The molecule has 1 unspecified atom stereocenters. The number of hydrogen-bond acceptors (Lipinski definition) is 4. The minimum Gasteiger partial charge on any atom is -0.492 e. The summed E-state index contributed by atoms with van der Waals surface area (Å²) in [6.45, 7) is 6.28. The molecule has 0 spiro atoms. The Balaban J connectivity index is 0.00000300. The van der Waals surface area contributed by atoms with Crippen molar-refractivity contribution in [3.8, 4) is 5.75 Å². The molecule has 0 bridgehead atoms. The highest BCUT2D eigenvalue weighted by atomic mass is 127. The Morgan fingerprint density at radius 3 is 2.52 bits per heavy atom. The van der Waals surface area contributed by atoms with E-state index < -0.39 is 11.7 Å². The molecule has 29 heavy (non-hydrogen) atoms. The molecule has 2 fully saturated rings. The van der Waals surface area contributed by atoms with Crippen LogP contribution in [0.25, 0.3) is 0 Å². The summed E-state index contributed by atoms with van der Waals surface area (Å²) >= 11 is 0. The van der Waals surface area contributed by atoms with Gasteiger partial charge in [-0.05, 0) is 30.7 Å². The second kappa shape index (κ2) is 11.2. The summed E-state index contributed by atoms with van der Waals surface area (Å²) in [6.07, 6.45) is -3.23. The van der Waals surface area contributed by atoms with Crippen molar-refractivity contribution in [1.82, 2.24) is 15.1 Å². The Morgan fingerprint density at radius 1 is 1.21 bits per heavy atom. The summed E-state index contributed by atoms with van der Waals surface area (Å²) in [5.41, 5.74) is -0.678. The van der Waals surface area contributed by atoms with E-state index in [9.17, 15) is 13.2 Å². The van der Waals surface area contributed by atoms with E-state index in [0.29, 0.717) is 24.9 Å². The van der Waals surface area contributed by atoms with Crippen LogP contribution in [-0.4, -0.2) is 81.4 Å². The third kappa shape index (κ3) is 6.88. The third-order valence-corrected chi connectivity index (χ3v) is 5.07. The van der Waals surface area contributed by atoms with Crippen LogP contribution < -0.4 is 10.1 Å². The Kier molecular flexibility index (Phi) is 9.28. The van der Waals surface area contributed by atoms with E-state index in [4.69, 9.17) is 9.47 Å². The van der Waals surface area contributed by atoms with Gasteiger partial charge in [0.15, 0.2) is 5.96 Å². The van der Waals surface area contributed by atoms with Gasteiger partial charge in [-0.2, -0.15) is 13.2 Å². The van der Waals surface area contributed by atoms with Gasteiger partial charge in [0.05, 0.1) is 25.3 Å². The third-order valence-electron chi connectivity index (χ3n) is 5.07. The van der Waals surface area contributed by atoms with Crippen molar-refractivity contribution in [2.75, 3.05) is 59.6 Å². The van der Waals surface area contributed by atoms with Crippen molar-refractivity contribution < 1.29 is 22.6 Å². The quantitative estimate of drug-likeness (QED) is 0.276. The minimum absolute atomic E-state index is 0. The smallest absolute Gasteiger partial charge is 0.416 e. The van der Waals surface area contributed by atoms with Gasteiger partial charge in [0.1, 0.15) is 12.4 Å². The number of rotatable bonds is 5. The summed E-state index contributed by atoms with van der Waals surface area (Å²) in [5.74, 6) is 1.24. The SMILES string of the molecule is CN=C(NCCOc1ccc(C(F)(F)F)cc1)N1CCC(N2CCOCC2)C1.I. The van der Waals surface area contributed by atoms with E-state index >= 15 is 0 Å². The molecular weight excluding hydrogens is 500 g/mol. The van der Waals surface area contributed by atoms with Crippen LogP contribution in [-0.2, 0) is 10.9 Å². The van der Waals surface area contributed by atoms with Gasteiger partial charge in [-0.25, -0.2) is 0 Å². The van der Waals surface area contributed by atoms with Gasteiger partial charge in [-0.3, -0.25) is 9.89 Å². The number of halogens is 4. The first kappa shape index (κ1) is 24.0. The van der Waals surface area contributed by atoms with E-state index in [-0.39, 0.29) is 24.0 Å². The molecule has 0 amide bonds. The number of morpholine rings is 1. The van der Waals surface area contributed by atoms with Crippen molar-refractivity contribution in [3.05, 3.63) is 29.8 Å². The zero-order chi connectivity index (χ0) is 20.0. The Hall–Kier alpha value is -1.27. The second-order valence-corrected chi connectivity index (χ2v) is 6.88. The molecule has 1 aromatic rings. The van der Waals surface area contributed by atoms with Gasteiger partial charge in [-0.1, -0.05) is 0 Å². The summed E-state index contributed by atoms with van der Waals surface area (Å²) in [7, 11) is 1.75. The molecule has 2 saturated heterocycles. The zero-order valence-electron chi connectivity index (χ0n) is 16.5. The number of alkyl halides is 3. The lowest BCUT2D eigenvalue weighted by molar-refractivity contribution is -0.137. The van der Waals surface area contributed by atoms with Gasteiger partial charge in [0.25, 0.3) is 0 Å². The first-order valence-corrected chi connectivity index (χ1v) is 9.55. The van der Waals surface area contributed by atoms with Gasteiger partial charge in [0.2, 0.25) is 0 Å². The van der Waals surface area contributed by atoms with Crippen molar-refractivity contribution >= 4 is 29.9 Å². The van der Waals surface area contributed by atoms with E-state index in [1.165, 1.54) is 12.1 Å². The number of benzene rings is 1. The fourth-order valence-electron chi connectivity index (χ4n) is 3.58. The topological polar surface area (TPSA) is 49.3 Å². The summed E-state index contributed by atoms with van der Waals surface area (Å²) in [6, 6.07) is 5.25. The summed E-state index contributed by atoms with van der Waals surface area (Å²) in [4.78, 5) is 9.05. The first-order valence-electron chi connectivity index (χ1n) is 9.55. The minimum atomic E-state index is -4.33. The molecule has 0 aromatic heterocycles. The van der Waals surface area contributed by atoms with Gasteiger partial charge < -0.3 is 19.7 Å². The monoisotopic (exact) mass is 528 g/mol. The molecule has 6 nitrogen and oxygen atoms in total. The van der Waals surface area contributed by atoms with Crippen molar-refractivity contribution in [2.45, 2.75) is 18.6 Å². The highest BCUT2D eigenvalue weighted by Gasteiger charge is 2.31. The molecule has 1 atom stereocenters. The predicted molar refractivity (Wildman–Crippen MR) is 116 cm³/mol. The Morgan fingerprint density at radius 2 is 1.90 bits per heavy atom. The summed E-state index contributed by atoms with van der Waals surface area (Å²) < 4.78 is 48.7. The molecule has 2 aliphatic heterocycles. The maximum Gasteiger partial charge on any atom is 0.416 e. The largest absolute Gasteiger partial charge is 0.492 e. The van der Waals surface area contributed by atoms with Crippen LogP contribution in [0.15, 0.2) is 29.3 Å². The van der Waals surface area contributed by atoms with Crippen LogP contribution in [0, 0.1) is 0 Å². The van der Waals surface area contributed by atoms with Crippen LogP contribution in [0.4, 0.5) is 13.2 Å². The Labute approximate surface area is 186 Å². The van der Waals surface area contributed by atoms with Crippen molar-refractivity contribution in [2.24, 2.45) is 4.99 Å². The molecular formula is C19H28F3IN4O2. The number of aliphatic imine (C=N–C) groups is 1. The average molecular weight is 528 g/mol. The standard InChI is InChI=1S/C19H27F3N4O2.HI/c1-23-18(26-8-6-16(14-26)25-9-12-27-13-10-25)24-7-11-28-17-4-2-15(3-5-17)19(20,21)22;/h2-5,16H,6-14H2,1H3,(H,23,24);1H. The van der Waals surface area contributed by atoms with E-state index in [2.05, 4.69) is 20.1 Å². The number of hydrogen-bond donors (Lipinski definition) is 1. The molecule has 0 aliphatic carbocycles. The molecule has 2 heterocycles. The maximum atomic E-state index is 12.6. The second-order valence-electron chi connectivity index (χ2n) is 6.88. The van der Waals surface area contributed by atoms with Crippen LogP contribution in [0.5, 0.6) is 5.75 Å². The zero-order valence-corrected chi connectivity index (χ0v) is 18.8. The van der Waals surface area contributed by atoms with Crippen LogP contribution in [0.2, 0.25) is 0 Å². The van der Waals surface area contributed by atoms with E-state index in [1.54, 1.807) is 7.05 Å². The lowest BCUT2D eigenvalue weighted by Gasteiger charge is -2.32. The fourth-order valence-corrected chi connectivity index (χ4v) is 3.58. The van der Waals surface area contributed by atoms with E-state index in [1.807, 2.05) is 0 Å². The molecule has 10 heteroatoms. The molecule has 0 radical (unpaired) electrons. The molecule has 3 rings (SSSR count). The number of guanidine groups is 1. The number of nitrogens with zero attached hydrogens (tertiary/aromatic N) is 3. The van der Waals surface area contributed by atoms with Crippen molar-refractivity contribution in [3.63, 3.8) is 0 Å². The van der Waals surface area contributed by atoms with Crippen molar-refractivity contribution in [1.29, 1.82) is 0 Å². The average Bonchev–Trinajstić information content (AvgIpc) is 3.18. The summed E-state index contributed by atoms with van der Waals surface area (Å²) in [5, 5.41) is 3.27. The lowest BCUT2D eigenvalue weighted by atomic mass is 10.2. The lowest BCUT2D eigenvalue weighted by Crippen LogP contribution is -2.47. The number of ether oxygens (including phenoxy) is 2. The molecule has 2 aliphatic rings. The highest BCUT2D eigenvalue weighted by Crippen LogP contribution is 2.30. The number of likely N-dealkylation sites (tertiary alicyclic amines) is 1. The normalized spacial score (nSPS) is 21.0. The predicted octanol–water partition coefficient (Wildman–Crippen LogP) is 2.68. The van der Waals surface area contributed by atoms with Gasteiger partial charge in [0, 0.05) is 39.3 Å². The molecule has 1 aromatic carbocycles. The van der Waals surface area contributed by atoms with Gasteiger partial charge >= 0.3 is 6.18 Å². The van der Waals surface area contributed by atoms with E-state index in [0.717, 1.165) is 63.9 Å². The first-order chi connectivity index (χ1) is 13.5. The fraction of sp³-hybridized carbons (Fsp3) is 0.632. The van der Waals surface area contributed by atoms with Crippen LogP contribution >= 0.6 is 24.0 Å². The molecule has 0 saturated carbocycles. The highest BCUT2D eigenvalue weighted by molar-refractivity contribution is 14.0. The maximum absolute atomic E-state index is 12.6. The molecule has 1 N–H and O–H groups in total. The van der Waals surface area contributed by atoms with Gasteiger partial charge in [-0.15, -0.1) is 24.0 Å². The van der Waals surface area contributed by atoms with Crippen LogP contribution in [0.3, 0.4) is 0 Å². The van der Waals surface area contributed by atoms with Crippen LogP contribution in [0.1, 0.15) is 12.0 Å². The Bertz CT molecular complexity index is 652. The molecule has 164 valence electrons. The number of nitrogens with one attached hydrogen (secondary N) is 1.